The Morgan fingerprint density at radius 1 is 1.31 bits per heavy atom. The number of benzene rings is 1. The molecule has 0 saturated carbocycles. The molecule has 86 valence electrons. The third kappa shape index (κ3) is 3.17. The van der Waals surface area contributed by atoms with Crippen molar-refractivity contribution in [3.8, 4) is 0 Å². The summed E-state index contributed by atoms with van der Waals surface area (Å²) in [6, 6.07) is 10.2. The van der Waals surface area contributed by atoms with Gasteiger partial charge in [0, 0.05) is 6.42 Å². The van der Waals surface area contributed by atoms with Crippen molar-refractivity contribution in [2.24, 2.45) is 0 Å². The minimum Gasteiger partial charge on any atom is -0.305 e. The lowest BCUT2D eigenvalue weighted by Gasteiger charge is -2.20. The van der Waals surface area contributed by atoms with Crippen LogP contribution in [0.4, 0.5) is 0 Å². The normalized spacial score (nSPS) is 11.1. The number of hydrogen-bond acceptors (Lipinski definition) is 1. The van der Waals surface area contributed by atoms with Gasteiger partial charge in [-0.3, -0.25) is 0 Å². The Bertz CT molecular complexity index is 354. The SMILES string of the molecule is C=CCCCC(=O)[Si](C)(C)c1ccccc1. The molecule has 0 aliphatic heterocycles. The molecule has 0 amide bonds. The van der Waals surface area contributed by atoms with Crippen molar-refractivity contribution >= 4 is 18.7 Å². The van der Waals surface area contributed by atoms with Crippen LogP contribution in [0.3, 0.4) is 0 Å². The summed E-state index contributed by atoms with van der Waals surface area (Å²) in [7, 11) is -1.91. The van der Waals surface area contributed by atoms with Crippen LogP contribution < -0.4 is 5.19 Å². The van der Waals surface area contributed by atoms with E-state index >= 15 is 0 Å². The van der Waals surface area contributed by atoms with Gasteiger partial charge < -0.3 is 4.79 Å². The smallest absolute Gasteiger partial charge is 0.157 e. The van der Waals surface area contributed by atoms with Crippen molar-refractivity contribution in [2.75, 3.05) is 0 Å². The predicted octanol–water partition coefficient (Wildman–Crippen LogP) is 3.07. The molecule has 0 bridgehead atoms. The molecule has 0 aromatic heterocycles. The molecule has 16 heavy (non-hydrogen) atoms. The van der Waals surface area contributed by atoms with Gasteiger partial charge >= 0.3 is 0 Å². The molecule has 1 aromatic rings. The van der Waals surface area contributed by atoms with Crippen LogP contribution in [0.1, 0.15) is 19.3 Å². The average molecular weight is 232 g/mol. The second-order valence-electron chi connectivity index (χ2n) is 4.60. The van der Waals surface area contributed by atoms with E-state index in [4.69, 9.17) is 0 Å². The quantitative estimate of drug-likeness (QED) is 0.418. The van der Waals surface area contributed by atoms with Crippen LogP contribution >= 0.6 is 0 Å². The zero-order valence-corrected chi connectivity index (χ0v) is 11.2. The second kappa shape index (κ2) is 5.80. The number of allylic oxidation sites excluding steroid dienone is 1. The maximum atomic E-state index is 12.2. The summed E-state index contributed by atoms with van der Waals surface area (Å²) < 4.78 is 0. The third-order valence-electron chi connectivity index (χ3n) is 3.00. The Kier molecular flexibility index (Phi) is 4.68. The molecule has 0 aliphatic rings. The number of rotatable bonds is 6. The third-order valence-corrected chi connectivity index (χ3v) is 6.43. The lowest BCUT2D eigenvalue weighted by molar-refractivity contribution is -0.112. The molecule has 0 N–H and O–H groups in total. The lowest BCUT2D eigenvalue weighted by atomic mass is 10.2. The Morgan fingerprint density at radius 2 is 1.94 bits per heavy atom. The Balaban J connectivity index is 2.70. The molecule has 0 unspecified atom stereocenters. The molecule has 0 heterocycles. The van der Waals surface area contributed by atoms with E-state index in [1.165, 1.54) is 5.19 Å². The fourth-order valence-electron chi connectivity index (χ4n) is 1.74. The summed E-state index contributed by atoms with van der Waals surface area (Å²) in [6.07, 6.45) is 4.45. The number of unbranched alkanes of at least 4 members (excludes halogenated alkanes) is 1. The van der Waals surface area contributed by atoms with E-state index in [9.17, 15) is 4.79 Å². The zero-order chi connectivity index (χ0) is 12.0. The van der Waals surface area contributed by atoms with Crippen LogP contribution in [0.2, 0.25) is 13.1 Å². The maximum absolute atomic E-state index is 12.2. The fraction of sp³-hybridized carbons (Fsp3) is 0.357. The monoisotopic (exact) mass is 232 g/mol. The average Bonchev–Trinajstić information content (AvgIpc) is 2.30. The van der Waals surface area contributed by atoms with Gasteiger partial charge in [-0.1, -0.05) is 54.7 Å². The fourth-order valence-corrected chi connectivity index (χ4v) is 3.88. The van der Waals surface area contributed by atoms with Gasteiger partial charge in [0.1, 0.15) is 5.41 Å². The Hall–Kier alpha value is -1.15. The van der Waals surface area contributed by atoms with Crippen molar-refractivity contribution in [3.63, 3.8) is 0 Å². The van der Waals surface area contributed by atoms with Gasteiger partial charge in [-0.25, -0.2) is 0 Å². The molecule has 0 radical (unpaired) electrons. The van der Waals surface area contributed by atoms with Gasteiger partial charge in [-0.15, -0.1) is 6.58 Å². The second-order valence-corrected chi connectivity index (χ2v) is 8.98. The first kappa shape index (κ1) is 12.9. The highest BCUT2D eigenvalue weighted by molar-refractivity contribution is 7.13. The number of hydrogen-bond donors (Lipinski definition) is 0. The summed E-state index contributed by atoms with van der Waals surface area (Å²) in [6.45, 7) is 7.95. The first-order valence-corrected chi connectivity index (χ1v) is 8.78. The highest BCUT2D eigenvalue weighted by Crippen LogP contribution is 2.10. The van der Waals surface area contributed by atoms with Gasteiger partial charge in [-0.05, 0) is 12.8 Å². The van der Waals surface area contributed by atoms with Gasteiger partial charge in [-0.2, -0.15) is 0 Å². The minimum absolute atomic E-state index is 0.445. The van der Waals surface area contributed by atoms with E-state index < -0.39 is 8.07 Å². The molecule has 0 atom stereocenters. The van der Waals surface area contributed by atoms with E-state index in [0.29, 0.717) is 11.8 Å². The molecule has 0 saturated heterocycles. The molecule has 0 fully saturated rings. The number of carbonyl (C=O) groups excluding carboxylic acids is 1. The van der Waals surface area contributed by atoms with Crippen LogP contribution in [-0.2, 0) is 4.79 Å². The highest BCUT2D eigenvalue weighted by Gasteiger charge is 2.31. The molecule has 1 rings (SSSR count). The van der Waals surface area contributed by atoms with Gasteiger partial charge in [0.05, 0.1) is 0 Å². The summed E-state index contributed by atoms with van der Waals surface area (Å²) in [5, 5.41) is 1.68. The topological polar surface area (TPSA) is 17.1 Å². The molecule has 0 aliphatic carbocycles. The summed E-state index contributed by atoms with van der Waals surface area (Å²) in [5.74, 6) is 0. The van der Waals surface area contributed by atoms with Gasteiger partial charge in [0.25, 0.3) is 0 Å². The summed E-state index contributed by atoms with van der Waals surface area (Å²) in [5.41, 5.74) is 0. The zero-order valence-electron chi connectivity index (χ0n) is 10.2. The van der Waals surface area contributed by atoms with Crippen LogP contribution in [0.25, 0.3) is 0 Å². The maximum Gasteiger partial charge on any atom is 0.157 e. The highest BCUT2D eigenvalue weighted by atomic mass is 28.3. The van der Waals surface area contributed by atoms with E-state index in [0.717, 1.165) is 12.8 Å². The van der Waals surface area contributed by atoms with E-state index in [-0.39, 0.29) is 0 Å². The van der Waals surface area contributed by atoms with Crippen LogP contribution in [0.15, 0.2) is 43.0 Å². The van der Waals surface area contributed by atoms with Crippen LogP contribution in [0.5, 0.6) is 0 Å². The van der Waals surface area contributed by atoms with Gasteiger partial charge in [0.15, 0.2) is 8.07 Å². The first-order chi connectivity index (χ1) is 7.59. The van der Waals surface area contributed by atoms with Crippen molar-refractivity contribution in [1.82, 2.24) is 0 Å². The molecule has 1 aromatic carbocycles. The molecule has 0 spiro atoms. The van der Waals surface area contributed by atoms with E-state index in [2.05, 4.69) is 31.8 Å². The van der Waals surface area contributed by atoms with Crippen molar-refractivity contribution in [1.29, 1.82) is 0 Å². The summed E-state index contributed by atoms with van der Waals surface area (Å²) in [4.78, 5) is 12.2. The van der Waals surface area contributed by atoms with E-state index in [1.807, 2.05) is 24.3 Å². The molecule has 1 nitrogen and oxygen atoms in total. The van der Waals surface area contributed by atoms with Gasteiger partial charge in [0.2, 0.25) is 0 Å². The van der Waals surface area contributed by atoms with Crippen molar-refractivity contribution < 1.29 is 4.79 Å². The summed E-state index contributed by atoms with van der Waals surface area (Å²) >= 11 is 0. The minimum atomic E-state index is -1.91. The van der Waals surface area contributed by atoms with E-state index in [1.54, 1.807) is 0 Å². The molecule has 2 heteroatoms. The largest absolute Gasteiger partial charge is 0.305 e. The Labute approximate surface area is 99.2 Å². The molecular formula is C14H20OSi. The standard InChI is InChI=1S/C14H20OSi/c1-4-5-7-12-14(15)16(2,3)13-10-8-6-9-11-13/h4,6,8-11H,1,5,7,12H2,2-3H3. The number of carbonyl (C=O) groups is 1. The molecular weight excluding hydrogens is 212 g/mol. The van der Waals surface area contributed by atoms with Crippen LogP contribution in [-0.4, -0.2) is 13.5 Å². The van der Waals surface area contributed by atoms with Crippen LogP contribution in [0, 0.1) is 0 Å². The van der Waals surface area contributed by atoms with Crippen molar-refractivity contribution in [2.45, 2.75) is 32.4 Å². The first-order valence-electron chi connectivity index (χ1n) is 5.78. The predicted molar refractivity (Wildman–Crippen MR) is 72.6 cm³/mol. The van der Waals surface area contributed by atoms with Crippen molar-refractivity contribution in [3.05, 3.63) is 43.0 Å². The Morgan fingerprint density at radius 3 is 2.50 bits per heavy atom. The lowest BCUT2D eigenvalue weighted by Crippen LogP contribution is -2.49.